The molecule has 3 nitrogen and oxygen atoms in total. The number of rotatable bonds is 2. The van der Waals surface area contributed by atoms with Gasteiger partial charge in [0.15, 0.2) is 0 Å². The first-order valence-electron chi connectivity index (χ1n) is 3.95. The van der Waals surface area contributed by atoms with E-state index in [4.69, 9.17) is 0 Å². The number of piperidine rings is 1. The summed E-state index contributed by atoms with van der Waals surface area (Å²) in [5.41, 5.74) is 0. The standard InChI is InChI=1S/C8H13NO2/c1-9-7(5-6-10)3-2-4-8(9)11/h6-7H,2-5H2,1H3. The second-order valence-electron chi connectivity index (χ2n) is 2.95. The lowest BCUT2D eigenvalue weighted by molar-refractivity contribution is -0.134. The molecule has 0 aromatic rings. The Morgan fingerprint density at radius 3 is 3.09 bits per heavy atom. The Kier molecular flexibility index (Phi) is 2.63. The van der Waals surface area contributed by atoms with Crippen LogP contribution >= 0.6 is 0 Å². The molecule has 11 heavy (non-hydrogen) atoms. The zero-order valence-electron chi connectivity index (χ0n) is 6.75. The van der Waals surface area contributed by atoms with Crippen molar-refractivity contribution in [1.29, 1.82) is 0 Å². The van der Waals surface area contributed by atoms with Gasteiger partial charge < -0.3 is 9.69 Å². The summed E-state index contributed by atoms with van der Waals surface area (Å²) in [6, 6.07) is 0.161. The van der Waals surface area contributed by atoms with Gasteiger partial charge >= 0.3 is 0 Å². The van der Waals surface area contributed by atoms with Gasteiger partial charge in [-0.25, -0.2) is 0 Å². The van der Waals surface area contributed by atoms with E-state index in [2.05, 4.69) is 0 Å². The Labute approximate surface area is 66.4 Å². The van der Waals surface area contributed by atoms with Crippen LogP contribution in [0.1, 0.15) is 25.7 Å². The van der Waals surface area contributed by atoms with Crippen LogP contribution in [0.2, 0.25) is 0 Å². The fourth-order valence-electron chi connectivity index (χ4n) is 1.45. The number of likely N-dealkylation sites (tertiary alicyclic amines) is 1. The summed E-state index contributed by atoms with van der Waals surface area (Å²) in [7, 11) is 1.77. The van der Waals surface area contributed by atoms with Crippen molar-refractivity contribution < 1.29 is 9.59 Å². The third kappa shape index (κ3) is 1.79. The zero-order chi connectivity index (χ0) is 8.27. The van der Waals surface area contributed by atoms with Crippen molar-refractivity contribution >= 4 is 12.2 Å². The van der Waals surface area contributed by atoms with Crippen LogP contribution in [0.3, 0.4) is 0 Å². The third-order valence-electron chi connectivity index (χ3n) is 2.24. The average Bonchev–Trinajstić information content (AvgIpc) is 1.99. The average molecular weight is 155 g/mol. The molecule has 0 aromatic heterocycles. The van der Waals surface area contributed by atoms with Gasteiger partial charge in [-0.2, -0.15) is 0 Å². The van der Waals surface area contributed by atoms with Gasteiger partial charge in [0.05, 0.1) is 0 Å². The van der Waals surface area contributed by atoms with E-state index < -0.39 is 0 Å². The number of aldehydes is 1. The van der Waals surface area contributed by atoms with Crippen LogP contribution in [0.4, 0.5) is 0 Å². The van der Waals surface area contributed by atoms with Gasteiger partial charge in [0, 0.05) is 25.9 Å². The molecule has 0 bridgehead atoms. The minimum atomic E-state index is 0.161. The zero-order valence-corrected chi connectivity index (χ0v) is 6.75. The maximum absolute atomic E-state index is 11.1. The number of carbonyl (C=O) groups is 2. The SMILES string of the molecule is CN1C(=O)CCCC1CC=O. The molecular weight excluding hydrogens is 142 g/mol. The van der Waals surface area contributed by atoms with Gasteiger partial charge in [0.2, 0.25) is 5.91 Å². The molecule has 1 rings (SSSR count). The second kappa shape index (κ2) is 3.51. The van der Waals surface area contributed by atoms with E-state index in [1.54, 1.807) is 11.9 Å². The van der Waals surface area contributed by atoms with Crippen LogP contribution in [0.25, 0.3) is 0 Å². The molecule has 62 valence electrons. The highest BCUT2D eigenvalue weighted by atomic mass is 16.2. The maximum Gasteiger partial charge on any atom is 0.222 e. The highest BCUT2D eigenvalue weighted by Gasteiger charge is 2.23. The molecule has 1 fully saturated rings. The lowest BCUT2D eigenvalue weighted by atomic mass is 10.0. The van der Waals surface area contributed by atoms with Crippen LogP contribution < -0.4 is 0 Å². The van der Waals surface area contributed by atoms with E-state index in [1.807, 2.05) is 0 Å². The second-order valence-corrected chi connectivity index (χ2v) is 2.95. The summed E-state index contributed by atoms with van der Waals surface area (Å²) in [6.45, 7) is 0. The summed E-state index contributed by atoms with van der Waals surface area (Å²) in [5, 5.41) is 0. The summed E-state index contributed by atoms with van der Waals surface area (Å²) >= 11 is 0. The maximum atomic E-state index is 11.1. The molecule has 0 N–H and O–H groups in total. The molecule has 0 spiro atoms. The molecule has 3 heteroatoms. The monoisotopic (exact) mass is 155 g/mol. The predicted molar refractivity (Wildman–Crippen MR) is 41.1 cm³/mol. The van der Waals surface area contributed by atoms with Crippen LogP contribution in [-0.2, 0) is 9.59 Å². The largest absolute Gasteiger partial charge is 0.342 e. The Morgan fingerprint density at radius 2 is 2.45 bits per heavy atom. The summed E-state index contributed by atoms with van der Waals surface area (Å²) in [5.74, 6) is 0.170. The minimum absolute atomic E-state index is 0.161. The molecular formula is C8H13NO2. The van der Waals surface area contributed by atoms with Crippen LogP contribution in [0.15, 0.2) is 0 Å². The molecule has 1 aliphatic heterocycles. The number of amides is 1. The van der Waals surface area contributed by atoms with Crippen molar-refractivity contribution in [2.75, 3.05) is 7.05 Å². The van der Waals surface area contributed by atoms with E-state index in [1.165, 1.54) is 0 Å². The normalized spacial score (nSPS) is 25.4. The van der Waals surface area contributed by atoms with Crippen LogP contribution in [0.5, 0.6) is 0 Å². The van der Waals surface area contributed by atoms with Crippen molar-refractivity contribution in [3.05, 3.63) is 0 Å². The van der Waals surface area contributed by atoms with Crippen molar-refractivity contribution in [2.24, 2.45) is 0 Å². The van der Waals surface area contributed by atoms with Crippen molar-refractivity contribution in [1.82, 2.24) is 4.90 Å². The Bertz CT molecular complexity index is 167. The van der Waals surface area contributed by atoms with E-state index in [-0.39, 0.29) is 11.9 Å². The van der Waals surface area contributed by atoms with E-state index in [0.717, 1.165) is 19.1 Å². The highest BCUT2D eigenvalue weighted by molar-refractivity contribution is 5.77. The number of hydrogen-bond acceptors (Lipinski definition) is 2. The Balaban J connectivity index is 2.50. The Morgan fingerprint density at radius 1 is 1.73 bits per heavy atom. The summed E-state index contributed by atoms with van der Waals surface area (Å²) in [6.07, 6.45) is 3.93. The lowest BCUT2D eigenvalue weighted by Crippen LogP contribution is -2.40. The molecule has 1 aliphatic rings. The van der Waals surface area contributed by atoms with Crippen LogP contribution in [-0.4, -0.2) is 30.2 Å². The number of carbonyl (C=O) groups excluding carboxylic acids is 2. The molecule has 1 unspecified atom stereocenters. The van der Waals surface area contributed by atoms with Crippen LogP contribution in [0, 0.1) is 0 Å². The fourth-order valence-corrected chi connectivity index (χ4v) is 1.45. The Hall–Kier alpha value is -0.860. The van der Waals surface area contributed by atoms with Gasteiger partial charge in [0.25, 0.3) is 0 Å². The third-order valence-corrected chi connectivity index (χ3v) is 2.24. The molecule has 0 aromatic carbocycles. The van der Waals surface area contributed by atoms with E-state index >= 15 is 0 Å². The smallest absolute Gasteiger partial charge is 0.222 e. The molecule has 0 radical (unpaired) electrons. The molecule has 1 saturated heterocycles. The van der Waals surface area contributed by atoms with Gasteiger partial charge in [-0.1, -0.05) is 0 Å². The predicted octanol–water partition coefficient (Wildman–Crippen LogP) is 0.586. The number of hydrogen-bond donors (Lipinski definition) is 0. The summed E-state index contributed by atoms with van der Waals surface area (Å²) in [4.78, 5) is 23.0. The molecule has 1 atom stereocenters. The van der Waals surface area contributed by atoms with Crippen molar-refractivity contribution in [2.45, 2.75) is 31.7 Å². The van der Waals surface area contributed by atoms with Crippen molar-refractivity contribution in [3.63, 3.8) is 0 Å². The van der Waals surface area contributed by atoms with Gasteiger partial charge in [-0.15, -0.1) is 0 Å². The topological polar surface area (TPSA) is 37.4 Å². The van der Waals surface area contributed by atoms with Gasteiger partial charge in [0.1, 0.15) is 6.29 Å². The molecule has 1 heterocycles. The molecule has 0 aliphatic carbocycles. The molecule has 1 amide bonds. The first kappa shape index (κ1) is 8.24. The van der Waals surface area contributed by atoms with Gasteiger partial charge in [-0.05, 0) is 12.8 Å². The summed E-state index contributed by atoms with van der Waals surface area (Å²) < 4.78 is 0. The number of nitrogens with zero attached hydrogens (tertiary/aromatic N) is 1. The highest BCUT2D eigenvalue weighted by Crippen LogP contribution is 2.17. The first-order chi connectivity index (χ1) is 5.25. The minimum Gasteiger partial charge on any atom is -0.342 e. The van der Waals surface area contributed by atoms with E-state index in [0.29, 0.717) is 12.8 Å². The quantitative estimate of drug-likeness (QED) is 0.547. The van der Waals surface area contributed by atoms with E-state index in [9.17, 15) is 9.59 Å². The van der Waals surface area contributed by atoms with Gasteiger partial charge in [-0.3, -0.25) is 4.79 Å². The molecule has 0 saturated carbocycles. The lowest BCUT2D eigenvalue weighted by Gasteiger charge is -2.31. The van der Waals surface area contributed by atoms with Crippen molar-refractivity contribution in [3.8, 4) is 0 Å². The first-order valence-corrected chi connectivity index (χ1v) is 3.95. The fraction of sp³-hybridized carbons (Fsp3) is 0.750.